The Morgan fingerprint density at radius 1 is 1.24 bits per heavy atom. The van der Waals surface area contributed by atoms with Crippen molar-refractivity contribution in [1.29, 1.82) is 0 Å². The van der Waals surface area contributed by atoms with Gasteiger partial charge in [-0.3, -0.25) is 4.79 Å². The van der Waals surface area contributed by atoms with Crippen molar-refractivity contribution >= 4 is 5.97 Å². The van der Waals surface area contributed by atoms with Gasteiger partial charge in [0.15, 0.2) is 0 Å². The van der Waals surface area contributed by atoms with Gasteiger partial charge in [-0.1, -0.05) is 18.6 Å². The Labute approximate surface area is 150 Å². The van der Waals surface area contributed by atoms with E-state index in [0.717, 1.165) is 51.4 Å². The van der Waals surface area contributed by atoms with Crippen LogP contribution < -0.4 is 0 Å². The maximum atomic E-state index is 11.3. The molecule has 4 aliphatic carbocycles. The standard InChI is InChI=1S/C21H32O4/c1-13(23)25-15-7-10-21(12-22)14(11-15)3-4-16-17-5-6-19(24)20(17,2)9-8-18(16)21/h3,15-19,22,24H,4-12H2,1-2H3/t15?,16-,17-,18+,19?,20-,21+/m0/s1. The predicted molar refractivity (Wildman–Crippen MR) is 94.7 cm³/mol. The van der Waals surface area contributed by atoms with E-state index in [1.165, 1.54) is 12.5 Å². The lowest BCUT2D eigenvalue weighted by molar-refractivity contribution is -0.149. The Bertz CT molecular complexity index is 584. The summed E-state index contributed by atoms with van der Waals surface area (Å²) in [5, 5.41) is 21.0. The summed E-state index contributed by atoms with van der Waals surface area (Å²) in [5.41, 5.74) is 1.28. The molecule has 2 unspecified atom stereocenters. The summed E-state index contributed by atoms with van der Waals surface area (Å²) in [4.78, 5) is 11.3. The summed E-state index contributed by atoms with van der Waals surface area (Å²) in [6.45, 7) is 3.97. The van der Waals surface area contributed by atoms with E-state index >= 15 is 0 Å². The van der Waals surface area contributed by atoms with Crippen molar-refractivity contribution in [2.75, 3.05) is 6.61 Å². The molecule has 7 atom stereocenters. The quantitative estimate of drug-likeness (QED) is 0.594. The van der Waals surface area contributed by atoms with Gasteiger partial charge in [0.2, 0.25) is 0 Å². The Hall–Kier alpha value is -0.870. The molecule has 0 radical (unpaired) electrons. The number of aliphatic hydroxyl groups excluding tert-OH is 2. The normalized spacial score (nSPS) is 48.8. The maximum absolute atomic E-state index is 11.3. The second-order valence-electron chi connectivity index (χ2n) is 9.27. The fourth-order valence-electron chi connectivity index (χ4n) is 7.03. The molecule has 25 heavy (non-hydrogen) atoms. The topological polar surface area (TPSA) is 66.8 Å². The van der Waals surface area contributed by atoms with E-state index in [1.54, 1.807) is 0 Å². The lowest BCUT2D eigenvalue weighted by atomic mass is 9.47. The first-order chi connectivity index (χ1) is 11.9. The predicted octanol–water partition coefficient (Wildman–Crippen LogP) is 3.21. The number of ether oxygens (including phenoxy) is 1. The SMILES string of the molecule is CC(=O)OC1CC[C@@]2(CO)C(=CC[C@@H]3[C@H]2CC[C@]2(C)C(O)CC[C@@H]32)C1. The molecule has 3 fully saturated rings. The second-order valence-corrected chi connectivity index (χ2v) is 9.27. The molecule has 4 aliphatic rings. The van der Waals surface area contributed by atoms with E-state index in [2.05, 4.69) is 13.0 Å². The van der Waals surface area contributed by atoms with Crippen LogP contribution in [0, 0.1) is 28.6 Å². The van der Waals surface area contributed by atoms with Crippen LogP contribution in [0.4, 0.5) is 0 Å². The van der Waals surface area contributed by atoms with E-state index in [4.69, 9.17) is 4.74 Å². The number of hydrogen-bond donors (Lipinski definition) is 2. The molecule has 0 aromatic heterocycles. The minimum absolute atomic E-state index is 0.0258. The number of aliphatic hydroxyl groups is 2. The van der Waals surface area contributed by atoms with Crippen molar-refractivity contribution in [2.45, 2.75) is 77.4 Å². The zero-order valence-corrected chi connectivity index (χ0v) is 15.5. The van der Waals surface area contributed by atoms with Gasteiger partial charge in [-0.15, -0.1) is 0 Å². The van der Waals surface area contributed by atoms with Gasteiger partial charge >= 0.3 is 5.97 Å². The molecule has 0 aromatic carbocycles. The second kappa shape index (κ2) is 6.09. The molecule has 0 aliphatic heterocycles. The number of allylic oxidation sites excluding steroid dienone is 1. The Morgan fingerprint density at radius 2 is 2.04 bits per heavy atom. The number of rotatable bonds is 2. The summed E-state index contributed by atoms with van der Waals surface area (Å²) < 4.78 is 5.47. The van der Waals surface area contributed by atoms with Crippen LogP contribution in [0.5, 0.6) is 0 Å². The molecule has 0 amide bonds. The minimum atomic E-state index is -0.204. The van der Waals surface area contributed by atoms with Crippen LogP contribution in [-0.2, 0) is 9.53 Å². The highest BCUT2D eigenvalue weighted by atomic mass is 16.5. The molecule has 0 aromatic rings. The van der Waals surface area contributed by atoms with Crippen molar-refractivity contribution < 1.29 is 19.7 Å². The van der Waals surface area contributed by atoms with E-state index in [9.17, 15) is 15.0 Å². The van der Waals surface area contributed by atoms with Crippen molar-refractivity contribution in [1.82, 2.24) is 0 Å². The van der Waals surface area contributed by atoms with Crippen LogP contribution in [0.15, 0.2) is 11.6 Å². The Balaban J connectivity index is 1.62. The number of carbonyl (C=O) groups is 1. The Morgan fingerprint density at radius 3 is 2.76 bits per heavy atom. The first-order valence-corrected chi connectivity index (χ1v) is 10.1. The van der Waals surface area contributed by atoms with Gasteiger partial charge in [0.1, 0.15) is 6.10 Å². The summed E-state index contributed by atoms with van der Waals surface area (Å²) >= 11 is 0. The molecule has 3 saturated carbocycles. The number of fused-ring (bicyclic) bond motifs is 5. The molecular weight excluding hydrogens is 316 g/mol. The van der Waals surface area contributed by atoms with Crippen LogP contribution in [0.3, 0.4) is 0 Å². The average molecular weight is 348 g/mol. The highest BCUT2D eigenvalue weighted by Gasteiger charge is 2.59. The molecule has 0 saturated heterocycles. The van der Waals surface area contributed by atoms with Crippen LogP contribution in [0.2, 0.25) is 0 Å². The molecule has 140 valence electrons. The van der Waals surface area contributed by atoms with Gasteiger partial charge in [0, 0.05) is 18.8 Å². The number of esters is 1. The average Bonchev–Trinajstić information content (AvgIpc) is 2.89. The summed E-state index contributed by atoms with van der Waals surface area (Å²) in [5.74, 6) is 1.47. The molecule has 0 bridgehead atoms. The molecule has 4 nitrogen and oxygen atoms in total. The van der Waals surface area contributed by atoms with Gasteiger partial charge in [0.05, 0.1) is 12.7 Å². The monoisotopic (exact) mass is 348 g/mol. The van der Waals surface area contributed by atoms with Crippen LogP contribution in [-0.4, -0.2) is 35.0 Å². The highest BCUT2D eigenvalue weighted by molar-refractivity contribution is 5.66. The van der Waals surface area contributed by atoms with Gasteiger partial charge < -0.3 is 14.9 Å². The van der Waals surface area contributed by atoms with Gasteiger partial charge in [-0.2, -0.15) is 0 Å². The smallest absolute Gasteiger partial charge is 0.302 e. The molecule has 4 rings (SSSR count). The van der Waals surface area contributed by atoms with Crippen molar-refractivity contribution in [2.24, 2.45) is 28.6 Å². The lowest BCUT2D eigenvalue weighted by Gasteiger charge is -2.58. The van der Waals surface area contributed by atoms with E-state index in [0.29, 0.717) is 17.8 Å². The summed E-state index contributed by atoms with van der Waals surface area (Å²) in [6, 6.07) is 0. The molecular formula is C21H32O4. The maximum Gasteiger partial charge on any atom is 0.302 e. The fourth-order valence-corrected chi connectivity index (χ4v) is 7.03. The van der Waals surface area contributed by atoms with Crippen molar-refractivity contribution in [3.05, 3.63) is 11.6 Å². The van der Waals surface area contributed by atoms with E-state index in [-0.39, 0.29) is 35.6 Å². The zero-order chi connectivity index (χ0) is 17.8. The number of carbonyl (C=O) groups excluding carboxylic acids is 1. The fraction of sp³-hybridized carbons (Fsp3) is 0.857. The molecule has 2 N–H and O–H groups in total. The van der Waals surface area contributed by atoms with Crippen molar-refractivity contribution in [3.8, 4) is 0 Å². The lowest BCUT2D eigenvalue weighted by Crippen LogP contribution is -2.53. The third kappa shape index (κ3) is 2.51. The number of hydrogen-bond acceptors (Lipinski definition) is 4. The highest BCUT2D eigenvalue weighted by Crippen LogP contribution is 2.64. The molecule has 0 spiro atoms. The summed E-state index contributed by atoms with van der Waals surface area (Å²) in [7, 11) is 0. The van der Waals surface area contributed by atoms with Crippen LogP contribution in [0.1, 0.15) is 65.2 Å². The van der Waals surface area contributed by atoms with Gasteiger partial charge in [-0.25, -0.2) is 0 Å². The Kier molecular flexibility index (Phi) is 4.27. The van der Waals surface area contributed by atoms with Crippen LogP contribution >= 0.6 is 0 Å². The third-order valence-electron chi connectivity index (χ3n) is 8.35. The first-order valence-electron chi connectivity index (χ1n) is 10.1. The van der Waals surface area contributed by atoms with Gasteiger partial charge in [-0.05, 0) is 68.1 Å². The third-order valence-corrected chi connectivity index (χ3v) is 8.35. The largest absolute Gasteiger partial charge is 0.462 e. The van der Waals surface area contributed by atoms with Crippen LogP contribution in [0.25, 0.3) is 0 Å². The van der Waals surface area contributed by atoms with E-state index < -0.39 is 0 Å². The molecule has 0 heterocycles. The van der Waals surface area contributed by atoms with E-state index in [1.807, 2.05) is 0 Å². The minimum Gasteiger partial charge on any atom is -0.462 e. The summed E-state index contributed by atoms with van der Waals surface area (Å²) in [6.07, 6.45) is 10.0. The van der Waals surface area contributed by atoms with Crippen molar-refractivity contribution in [3.63, 3.8) is 0 Å². The van der Waals surface area contributed by atoms with Gasteiger partial charge in [0.25, 0.3) is 0 Å². The zero-order valence-electron chi connectivity index (χ0n) is 15.5. The first kappa shape index (κ1) is 17.5. The molecule has 4 heteroatoms.